The van der Waals surface area contributed by atoms with Gasteiger partial charge in [-0.3, -0.25) is 9.97 Å². The minimum absolute atomic E-state index is 0.116. The van der Waals surface area contributed by atoms with Gasteiger partial charge in [0.2, 0.25) is 0 Å². The van der Waals surface area contributed by atoms with E-state index in [1.807, 2.05) is 5.38 Å². The molecule has 0 spiro atoms. The molecule has 0 aliphatic carbocycles. The van der Waals surface area contributed by atoms with Crippen LogP contribution >= 0.6 is 11.3 Å². The van der Waals surface area contributed by atoms with Gasteiger partial charge in [0.15, 0.2) is 0 Å². The molecule has 3 rings (SSSR count). The lowest BCUT2D eigenvalue weighted by atomic mass is 10.2. The number of rotatable bonds is 5. The molecule has 1 aliphatic heterocycles. The van der Waals surface area contributed by atoms with Crippen molar-refractivity contribution in [2.45, 2.75) is 25.5 Å². The highest BCUT2D eigenvalue weighted by Crippen LogP contribution is 2.20. The van der Waals surface area contributed by atoms with Gasteiger partial charge in [-0.25, -0.2) is 9.78 Å². The van der Waals surface area contributed by atoms with Gasteiger partial charge in [0.1, 0.15) is 10.7 Å². The Morgan fingerprint density at radius 1 is 1.52 bits per heavy atom. The van der Waals surface area contributed by atoms with Gasteiger partial charge in [0, 0.05) is 38.0 Å². The zero-order valence-electron chi connectivity index (χ0n) is 12.9. The van der Waals surface area contributed by atoms with Crippen LogP contribution in [0.15, 0.2) is 24.0 Å². The molecule has 0 saturated carbocycles. The highest BCUT2D eigenvalue weighted by atomic mass is 32.1. The summed E-state index contributed by atoms with van der Waals surface area (Å²) in [6.45, 7) is 1.81. The number of carbonyl (C=O) groups is 1. The molecular formula is C15H19N5O2S. The second kappa shape index (κ2) is 7.47. The lowest BCUT2D eigenvalue weighted by molar-refractivity contribution is 0.0874. The molecule has 2 aromatic heterocycles. The first-order chi connectivity index (χ1) is 11.2. The van der Waals surface area contributed by atoms with E-state index in [-0.39, 0.29) is 12.1 Å². The Morgan fingerprint density at radius 2 is 2.43 bits per heavy atom. The van der Waals surface area contributed by atoms with Crippen LogP contribution < -0.4 is 5.32 Å². The van der Waals surface area contributed by atoms with Crippen molar-refractivity contribution in [3.63, 3.8) is 0 Å². The number of urea groups is 1. The van der Waals surface area contributed by atoms with E-state index in [1.165, 1.54) is 11.3 Å². The zero-order valence-corrected chi connectivity index (χ0v) is 13.8. The Hall–Kier alpha value is -2.06. The van der Waals surface area contributed by atoms with E-state index in [1.54, 1.807) is 30.5 Å². The molecule has 0 unspecified atom stereocenters. The van der Waals surface area contributed by atoms with Gasteiger partial charge in [-0.1, -0.05) is 0 Å². The van der Waals surface area contributed by atoms with Crippen molar-refractivity contribution < 1.29 is 9.53 Å². The molecule has 0 radical (unpaired) electrons. The molecule has 1 atom stereocenters. The van der Waals surface area contributed by atoms with Gasteiger partial charge in [-0.15, -0.1) is 11.3 Å². The number of nitrogens with zero attached hydrogens (tertiary/aromatic N) is 4. The maximum absolute atomic E-state index is 12.1. The maximum Gasteiger partial charge on any atom is 0.317 e. The number of aromatic nitrogens is 3. The van der Waals surface area contributed by atoms with E-state index < -0.39 is 0 Å². The molecule has 2 aromatic rings. The first-order valence-corrected chi connectivity index (χ1v) is 8.41. The van der Waals surface area contributed by atoms with Crippen molar-refractivity contribution in [3.05, 3.63) is 29.7 Å². The largest absolute Gasteiger partial charge is 0.376 e. The van der Waals surface area contributed by atoms with Crippen LogP contribution in [0.2, 0.25) is 0 Å². The summed E-state index contributed by atoms with van der Waals surface area (Å²) in [7, 11) is 1.78. The Kier molecular flexibility index (Phi) is 5.14. The third-order valence-electron chi connectivity index (χ3n) is 3.60. The number of nitrogens with one attached hydrogen (secondary N) is 1. The Bertz CT molecular complexity index is 642. The fraction of sp³-hybridized carbons (Fsp3) is 0.467. The number of likely N-dealkylation sites (N-methyl/N-ethyl adjacent to an activating group) is 1. The van der Waals surface area contributed by atoms with Gasteiger partial charge < -0.3 is 15.0 Å². The van der Waals surface area contributed by atoms with Gasteiger partial charge in [0.05, 0.1) is 24.5 Å². The Balaban J connectivity index is 1.50. The third-order valence-corrected chi connectivity index (χ3v) is 4.52. The highest BCUT2D eigenvalue weighted by Gasteiger charge is 2.20. The van der Waals surface area contributed by atoms with E-state index >= 15 is 0 Å². The molecule has 1 aliphatic rings. The Labute approximate surface area is 138 Å². The van der Waals surface area contributed by atoms with Crippen molar-refractivity contribution in [1.29, 1.82) is 0 Å². The number of hydrogen-bond donors (Lipinski definition) is 1. The minimum Gasteiger partial charge on any atom is -0.376 e. The van der Waals surface area contributed by atoms with E-state index in [2.05, 4.69) is 20.3 Å². The maximum atomic E-state index is 12.1. The molecule has 8 heteroatoms. The van der Waals surface area contributed by atoms with Crippen molar-refractivity contribution in [1.82, 2.24) is 25.2 Å². The fourth-order valence-corrected chi connectivity index (χ4v) is 3.17. The summed E-state index contributed by atoms with van der Waals surface area (Å²) < 4.78 is 5.54. The van der Waals surface area contributed by atoms with E-state index in [0.29, 0.717) is 13.1 Å². The average molecular weight is 333 g/mol. The van der Waals surface area contributed by atoms with Crippen molar-refractivity contribution >= 4 is 17.4 Å². The van der Waals surface area contributed by atoms with Crippen LogP contribution in [0.4, 0.5) is 4.79 Å². The Morgan fingerprint density at radius 3 is 3.17 bits per heavy atom. The molecule has 1 fully saturated rings. The summed E-state index contributed by atoms with van der Waals surface area (Å²) >= 11 is 1.49. The summed E-state index contributed by atoms with van der Waals surface area (Å²) in [4.78, 5) is 26.5. The van der Waals surface area contributed by atoms with Crippen LogP contribution in [0.5, 0.6) is 0 Å². The summed E-state index contributed by atoms with van der Waals surface area (Å²) in [5.74, 6) is 0. The molecule has 1 N–H and O–H groups in total. The molecule has 3 heterocycles. The number of amides is 2. The molecule has 7 nitrogen and oxygen atoms in total. The van der Waals surface area contributed by atoms with Crippen LogP contribution in [-0.4, -0.2) is 52.2 Å². The fourth-order valence-electron chi connectivity index (χ4n) is 2.39. The molecule has 0 bridgehead atoms. The van der Waals surface area contributed by atoms with Crippen LogP contribution in [-0.2, 0) is 11.3 Å². The highest BCUT2D eigenvalue weighted by molar-refractivity contribution is 7.13. The van der Waals surface area contributed by atoms with E-state index in [9.17, 15) is 4.79 Å². The molecule has 2 amide bonds. The first kappa shape index (κ1) is 15.8. The van der Waals surface area contributed by atoms with Crippen LogP contribution in [0.1, 0.15) is 18.5 Å². The van der Waals surface area contributed by atoms with Crippen LogP contribution in [0, 0.1) is 0 Å². The SMILES string of the molecule is CN(C[C@H]1CCCO1)C(=O)NCc1csc(-c2cnccn2)n1. The van der Waals surface area contributed by atoms with Crippen molar-refractivity contribution in [2.75, 3.05) is 20.2 Å². The number of carbonyl (C=O) groups excluding carboxylic acids is 1. The summed E-state index contributed by atoms with van der Waals surface area (Å²) in [6, 6.07) is -0.116. The van der Waals surface area contributed by atoms with Gasteiger partial charge >= 0.3 is 6.03 Å². The quantitative estimate of drug-likeness (QED) is 0.904. The zero-order chi connectivity index (χ0) is 16.1. The second-order valence-corrected chi connectivity index (χ2v) is 6.27. The predicted molar refractivity (Wildman–Crippen MR) is 87.0 cm³/mol. The van der Waals surface area contributed by atoms with Crippen molar-refractivity contribution in [2.24, 2.45) is 0 Å². The van der Waals surface area contributed by atoms with Crippen LogP contribution in [0.3, 0.4) is 0 Å². The summed E-state index contributed by atoms with van der Waals surface area (Å²) in [6.07, 6.45) is 7.19. The minimum atomic E-state index is -0.116. The smallest absolute Gasteiger partial charge is 0.317 e. The third kappa shape index (κ3) is 4.23. The van der Waals surface area contributed by atoms with Crippen molar-refractivity contribution in [3.8, 4) is 10.7 Å². The topological polar surface area (TPSA) is 80.2 Å². The standard InChI is InChI=1S/C15H19N5O2S/c1-20(9-12-3-2-6-22-12)15(21)18-7-11-10-23-14(19-11)13-8-16-4-5-17-13/h4-5,8,10,12H,2-3,6-7,9H2,1H3,(H,18,21)/t12-/m1/s1. The number of thiazole rings is 1. The normalized spacial score (nSPS) is 17.2. The average Bonchev–Trinajstić information content (AvgIpc) is 3.25. The summed E-state index contributed by atoms with van der Waals surface area (Å²) in [5.41, 5.74) is 1.56. The predicted octanol–water partition coefficient (Wildman–Crippen LogP) is 1.92. The number of hydrogen-bond acceptors (Lipinski definition) is 6. The van der Waals surface area contributed by atoms with Gasteiger partial charge in [-0.05, 0) is 12.8 Å². The first-order valence-electron chi connectivity index (χ1n) is 7.54. The molecule has 23 heavy (non-hydrogen) atoms. The molecule has 0 aromatic carbocycles. The molecule has 1 saturated heterocycles. The lowest BCUT2D eigenvalue weighted by Crippen LogP contribution is -2.40. The molecule has 122 valence electrons. The van der Waals surface area contributed by atoms with Crippen LogP contribution in [0.25, 0.3) is 10.7 Å². The van der Waals surface area contributed by atoms with E-state index in [0.717, 1.165) is 35.8 Å². The molecular weight excluding hydrogens is 314 g/mol. The second-order valence-electron chi connectivity index (χ2n) is 5.41. The van der Waals surface area contributed by atoms with Gasteiger partial charge in [-0.2, -0.15) is 0 Å². The number of ether oxygens (including phenoxy) is 1. The van der Waals surface area contributed by atoms with E-state index in [4.69, 9.17) is 4.74 Å². The monoisotopic (exact) mass is 333 g/mol. The summed E-state index contributed by atoms with van der Waals surface area (Å²) in [5, 5.41) is 5.60. The lowest BCUT2D eigenvalue weighted by Gasteiger charge is -2.20. The van der Waals surface area contributed by atoms with Gasteiger partial charge in [0.25, 0.3) is 0 Å².